The van der Waals surface area contributed by atoms with Crippen molar-refractivity contribution >= 4 is 0 Å². The van der Waals surface area contributed by atoms with E-state index in [2.05, 4.69) is 5.32 Å². The molecule has 0 radical (unpaired) electrons. The van der Waals surface area contributed by atoms with Gasteiger partial charge in [0.1, 0.15) is 0 Å². The molecule has 0 spiro atoms. The molecule has 1 aliphatic heterocycles. The third-order valence-electron chi connectivity index (χ3n) is 0.957. The molecule has 46 valence electrons. The Bertz CT molecular complexity index is 15.8. The number of rotatable bonds is 0. The van der Waals surface area contributed by atoms with Crippen molar-refractivity contribution in [2.24, 2.45) is 0 Å². The van der Waals surface area contributed by atoms with Crippen LogP contribution in [0, 0.1) is 0 Å². The van der Waals surface area contributed by atoms with Gasteiger partial charge in [-0.1, -0.05) is 14.9 Å². The first kappa shape index (κ1) is 10.0. The lowest BCUT2D eigenvalue weighted by molar-refractivity contribution is 0.857. The molecular weight excluding hydrogens is 86.1 g/mol. The summed E-state index contributed by atoms with van der Waals surface area (Å²) in [5.74, 6) is 0. The van der Waals surface area contributed by atoms with Crippen molar-refractivity contribution in [1.82, 2.24) is 5.32 Å². The molecule has 1 saturated heterocycles. The molecule has 0 bridgehead atoms. The van der Waals surface area contributed by atoms with Crippen LogP contribution in [0.3, 0.4) is 0 Å². The van der Waals surface area contributed by atoms with Gasteiger partial charge in [-0.05, 0) is 25.9 Å². The van der Waals surface area contributed by atoms with Crippen molar-refractivity contribution in [1.29, 1.82) is 0 Å². The lowest BCUT2D eigenvalue weighted by atomic mass is 10.4. The third-order valence-corrected chi connectivity index (χ3v) is 0.957. The predicted octanol–water partition coefficient (Wildman–Crippen LogP) is 1.64. The maximum absolute atomic E-state index is 3.22. The van der Waals surface area contributed by atoms with Crippen LogP contribution in [0.1, 0.15) is 27.7 Å². The van der Waals surface area contributed by atoms with Crippen LogP contribution in [0.15, 0.2) is 0 Å². The Labute approximate surface area is 47.1 Å². The minimum absolute atomic E-state index is 0. The Morgan fingerprint density at radius 1 is 0.857 bits per heavy atom. The average molecular weight is 103 g/mol. The topological polar surface area (TPSA) is 12.0 Å². The van der Waals surface area contributed by atoms with Crippen molar-refractivity contribution in [3.8, 4) is 0 Å². The summed E-state index contributed by atoms with van der Waals surface area (Å²) in [7, 11) is 0. The molecule has 0 aliphatic carbocycles. The Morgan fingerprint density at radius 3 is 1.43 bits per heavy atom. The van der Waals surface area contributed by atoms with Crippen LogP contribution in [0.25, 0.3) is 0 Å². The Hall–Kier alpha value is -0.0400. The Kier molecular flexibility index (Phi) is 8.56. The van der Waals surface area contributed by atoms with Crippen molar-refractivity contribution in [2.75, 3.05) is 13.1 Å². The van der Waals surface area contributed by atoms with Crippen molar-refractivity contribution in [3.63, 3.8) is 0 Å². The molecule has 1 nitrogen and oxygen atoms in total. The van der Waals surface area contributed by atoms with Crippen LogP contribution in [0.4, 0.5) is 0 Å². The van der Waals surface area contributed by atoms with Crippen LogP contribution in [0.2, 0.25) is 0 Å². The van der Waals surface area contributed by atoms with E-state index < -0.39 is 0 Å². The fourth-order valence-corrected chi connectivity index (χ4v) is 0.625. The van der Waals surface area contributed by atoms with Gasteiger partial charge in [0.05, 0.1) is 0 Å². The van der Waals surface area contributed by atoms with E-state index in [1.807, 2.05) is 0 Å². The van der Waals surface area contributed by atoms with E-state index in [1.165, 1.54) is 25.9 Å². The molecule has 1 fully saturated rings. The molecule has 0 amide bonds. The molecule has 1 aliphatic rings. The van der Waals surface area contributed by atoms with Gasteiger partial charge in [0.25, 0.3) is 0 Å². The van der Waals surface area contributed by atoms with E-state index in [9.17, 15) is 0 Å². The Morgan fingerprint density at radius 2 is 1.29 bits per heavy atom. The fraction of sp³-hybridized carbons (Fsp3) is 1.00. The molecule has 1 heterocycles. The zero-order valence-corrected chi connectivity index (χ0v) is 3.33. The molecule has 1 rings (SSSR count). The van der Waals surface area contributed by atoms with Gasteiger partial charge in [-0.25, -0.2) is 0 Å². The summed E-state index contributed by atoms with van der Waals surface area (Å²) in [6.07, 6.45) is 2.78. The van der Waals surface area contributed by atoms with E-state index in [0.29, 0.717) is 0 Å². The van der Waals surface area contributed by atoms with Crippen molar-refractivity contribution in [2.45, 2.75) is 27.7 Å². The molecular formula is C6H17N. The second-order valence-corrected chi connectivity index (χ2v) is 1.46. The third kappa shape index (κ3) is 3.80. The van der Waals surface area contributed by atoms with Gasteiger partial charge in [-0.15, -0.1) is 0 Å². The molecule has 1 heteroatoms. The summed E-state index contributed by atoms with van der Waals surface area (Å²) in [4.78, 5) is 0. The lowest BCUT2D eigenvalue weighted by Gasteiger charge is -1.76. The summed E-state index contributed by atoms with van der Waals surface area (Å²) in [6, 6.07) is 0. The molecule has 7 heavy (non-hydrogen) atoms. The minimum Gasteiger partial charge on any atom is -0.317 e. The molecule has 0 aromatic carbocycles. The van der Waals surface area contributed by atoms with E-state index in [4.69, 9.17) is 0 Å². The highest BCUT2D eigenvalue weighted by molar-refractivity contribution is 4.55. The van der Waals surface area contributed by atoms with E-state index >= 15 is 0 Å². The smallest absolute Gasteiger partial charge is 0.00484 e. The van der Waals surface area contributed by atoms with Gasteiger partial charge < -0.3 is 5.32 Å². The summed E-state index contributed by atoms with van der Waals surface area (Å²) in [6.45, 7) is 2.50. The first-order valence-corrected chi connectivity index (χ1v) is 2.21. The van der Waals surface area contributed by atoms with Crippen LogP contribution < -0.4 is 5.32 Å². The minimum atomic E-state index is 0. The van der Waals surface area contributed by atoms with E-state index in [1.54, 1.807) is 0 Å². The van der Waals surface area contributed by atoms with E-state index in [-0.39, 0.29) is 14.9 Å². The first-order chi connectivity index (χ1) is 2.50. The summed E-state index contributed by atoms with van der Waals surface area (Å²) < 4.78 is 0. The van der Waals surface area contributed by atoms with Crippen LogP contribution in [-0.2, 0) is 0 Å². The number of nitrogens with one attached hydrogen (secondary N) is 1. The first-order valence-electron chi connectivity index (χ1n) is 2.21. The van der Waals surface area contributed by atoms with Gasteiger partial charge in [-0.3, -0.25) is 0 Å². The second kappa shape index (κ2) is 5.96. The largest absolute Gasteiger partial charge is 0.317 e. The second-order valence-electron chi connectivity index (χ2n) is 1.46. The Balaban J connectivity index is 0. The van der Waals surface area contributed by atoms with Gasteiger partial charge >= 0.3 is 0 Å². The monoisotopic (exact) mass is 103 g/mol. The van der Waals surface area contributed by atoms with Crippen molar-refractivity contribution < 1.29 is 0 Å². The summed E-state index contributed by atoms with van der Waals surface area (Å²) in [5, 5.41) is 3.22. The maximum atomic E-state index is 3.22. The molecule has 0 atom stereocenters. The van der Waals surface area contributed by atoms with Gasteiger partial charge in [0.2, 0.25) is 0 Å². The molecule has 1 N–H and O–H groups in total. The molecule has 0 aromatic rings. The van der Waals surface area contributed by atoms with E-state index in [0.717, 1.165) is 0 Å². The summed E-state index contributed by atoms with van der Waals surface area (Å²) in [5.41, 5.74) is 0. The van der Waals surface area contributed by atoms with Crippen LogP contribution in [0.5, 0.6) is 0 Å². The van der Waals surface area contributed by atoms with Crippen LogP contribution in [-0.4, -0.2) is 13.1 Å². The van der Waals surface area contributed by atoms with Crippen molar-refractivity contribution in [3.05, 3.63) is 0 Å². The number of hydrogen-bond donors (Lipinski definition) is 1. The number of hydrogen-bond acceptors (Lipinski definition) is 1. The fourth-order valence-electron chi connectivity index (χ4n) is 0.625. The highest BCUT2D eigenvalue weighted by Gasteiger charge is 1.93. The SMILES string of the molecule is C.C.C1CCNC1. The zero-order chi connectivity index (χ0) is 3.54. The highest BCUT2D eigenvalue weighted by Crippen LogP contribution is 1.90. The average Bonchev–Trinajstić information content (AvgIpc) is 1.76. The molecule has 0 aromatic heterocycles. The summed E-state index contributed by atoms with van der Waals surface area (Å²) >= 11 is 0. The van der Waals surface area contributed by atoms with Gasteiger partial charge in [-0.2, -0.15) is 0 Å². The maximum Gasteiger partial charge on any atom is -0.00484 e. The highest BCUT2D eigenvalue weighted by atomic mass is 14.9. The van der Waals surface area contributed by atoms with Gasteiger partial charge in [0, 0.05) is 0 Å². The van der Waals surface area contributed by atoms with Crippen LogP contribution >= 0.6 is 0 Å². The lowest BCUT2D eigenvalue weighted by Crippen LogP contribution is -2.03. The molecule has 0 unspecified atom stereocenters. The predicted molar refractivity (Wildman–Crippen MR) is 35.6 cm³/mol. The molecule has 0 saturated carbocycles. The standard InChI is InChI=1S/C4H9N.2CH4/c1-2-4-5-3-1;;/h5H,1-4H2;2*1H4. The quantitative estimate of drug-likeness (QED) is 0.491. The normalized spacial score (nSPS) is 17.1. The van der Waals surface area contributed by atoms with Gasteiger partial charge in [0.15, 0.2) is 0 Å². The zero-order valence-electron chi connectivity index (χ0n) is 3.33.